The number of hydrogen-bond donors (Lipinski definition) is 1. The number of nitrogens with one attached hydrogen (secondary N) is 1. The van der Waals surface area contributed by atoms with Crippen molar-refractivity contribution >= 4 is 49.9 Å². The number of benzene rings is 2. The molecule has 0 amide bonds. The quantitative estimate of drug-likeness (QED) is 0.282. The number of sulfone groups is 1. The molecule has 15 heteroatoms. The molecule has 1 N–H and O–H groups in total. The van der Waals surface area contributed by atoms with Crippen molar-refractivity contribution in [3.63, 3.8) is 0 Å². The summed E-state index contributed by atoms with van der Waals surface area (Å²) in [5, 5.41) is -0.740. The number of fused-ring (bicyclic) bond motifs is 1. The highest BCUT2D eigenvalue weighted by Crippen LogP contribution is 2.39. The van der Waals surface area contributed by atoms with E-state index >= 15 is 0 Å². The van der Waals surface area contributed by atoms with E-state index in [1.807, 2.05) is 0 Å². The molecule has 0 unspecified atom stereocenters. The minimum absolute atomic E-state index is 0.0327. The van der Waals surface area contributed by atoms with Gasteiger partial charge in [-0.3, -0.25) is 19.1 Å². The lowest BCUT2D eigenvalue weighted by Crippen LogP contribution is -2.36. The summed E-state index contributed by atoms with van der Waals surface area (Å²) in [6.45, 7) is 6.87. The average Bonchev–Trinajstić information content (AvgIpc) is 3.37. The number of esters is 1. The van der Waals surface area contributed by atoms with Crippen LogP contribution in [-0.2, 0) is 38.6 Å². The molecule has 0 aliphatic carbocycles. The number of ether oxygens (including phenoxy) is 1. The summed E-state index contributed by atoms with van der Waals surface area (Å²) in [6, 6.07) is 4.56. The van der Waals surface area contributed by atoms with Crippen LogP contribution in [0.15, 0.2) is 38.8 Å². The van der Waals surface area contributed by atoms with E-state index in [2.05, 4.69) is 4.98 Å². The lowest BCUT2D eigenvalue weighted by molar-refractivity contribution is -0.155. The number of aromatic nitrogens is 2. The molecule has 2 heterocycles. The number of carbonyl (C=O) groups is 1. The van der Waals surface area contributed by atoms with Crippen molar-refractivity contribution in [2.45, 2.75) is 76.7 Å². The maximum absolute atomic E-state index is 14.4. The Kier molecular flexibility index (Phi) is 10.2. The number of carbonyl (C=O) groups excluding carboxylic acids is 1. The van der Waals surface area contributed by atoms with Crippen LogP contribution in [0.2, 0.25) is 10.0 Å². The normalized spacial score (nSPS) is 16.4. The Labute approximate surface area is 268 Å². The summed E-state index contributed by atoms with van der Waals surface area (Å²) >= 11 is 12.6. The Morgan fingerprint density at radius 2 is 1.80 bits per heavy atom. The van der Waals surface area contributed by atoms with Crippen LogP contribution in [0.25, 0.3) is 10.9 Å². The third-order valence-electron chi connectivity index (χ3n) is 7.62. The van der Waals surface area contributed by atoms with Crippen molar-refractivity contribution in [3.05, 3.63) is 71.8 Å². The number of likely N-dealkylation sites (tertiary alicyclic amines) is 1. The monoisotopic (exact) mass is 691 g/mol. The zero-order chi connectivity index (χ0) is 33.5. The fourth-order valence-corrected chi connectivity index (χ4v) is 7.09. The van der Waals surface area contributed by atoms with Gasteiger partial charge in [-0.2, -0.15) is 13.2 Å². The molecule has 0 radical (unpaired) electrons. The molecule has 0 bridgehead atoms. The van der Waals surface area contributed by atoms with E-state index in [4.69, 9.17) is 27.9 Å². The maximum atomic E-state index is 14.4. The second-order valence-corrected chi connectivity index (χ2v) is 15.2. The Morgan fingerprint density at radius 1 is 1.11 bits per heavy atom. The van der Waals surface area contributed by atoms with Crippen LogP contribution >= 0.6 is 23.2 Å². The molecule has 3 aromatic rings. The molecule has 1 saturated heterocycles. The Bertz CT molecular complexity index is 1850. The third-order valence-corrected chi connectivity index (χ3v) is 10.1. The van der Waals surface area contributed by atoms with E-state index in [1.54, 1.807) is 25.7 Å². The first-order valence-electron chi connectivity index (χ1n) is 14.3. The molecule has 246 valence electrons. The molecule has 1 atom stereocenters. The van der Waals surface area contributed by atoms with Crippen LogP contribution in [0.4, 0.5) is 13.2 Å². The lowest BCUT2D eigenvalue weighted by Gasteiger charge is -2.22. The van der Waals surface area contributed by atoms with E-state index in [0.717, 1.165) is 0 Å². The largest absolute Gasteiger partial charge is 0.460 e. The van der Waals surface area contributed by atoms with Gasteiger partial charge < -0.3 is 9.72 Å². The van der Waals surface area contributed by atoms with Crippen molar-refractivity contribution < 1.29 is 31.1 Å². The number of H-pyrrole nitrogens is 1. The maximum Gasteiger partial charge on any atom is 0.416 e. The van der Waals surface area contributed by atoms with E-state index < -0.39 is 55.4 Å². The van der Waals surface area contributed by atoms with Gasteiger partial charge in [0.1, 0.15) is 5.60 Å². The number of alkyl halides is 3. The molecule has 0 saturated carbocycles. The van der Waals surface area contributed by atoms with Crippen molar-refractivity contribution in [2.24, 2.45) is 5.92 Å². The fraction of sp³-hybridized carbons (Fsp3) is 0.500. The molecule has 0 spiro atoms. The predicted molar refractivity (Wildman–Crippen MR) is 166 cm³/mol. The first-order valence-corrected chi connectivity index (χ1v) is 16.7. The van der Waals surface area contributed by atoms with E-state index in [1.165, 1.54) is 25.1 Å². The summed E-state index contributed by atoms with van der Waals surface area (Å²) in [5.74, 6) is -0.545. The molecule has 4 rings (SSSR count). The highest BCUT2D eigenvalue weighted by Gasteiger charge is 2.37. The van der Waals surface area contributed by atoms with E-state index in [-0.39, 0.29) is 57.2 Å². The minimum atomic E-state index is -4.88. The van der Waals surface area contributed by atoms with Crippen LogP contribution in [0, 0.1) is 5.92 Å². The molecule has 45 heavy (non-hydrogen) atoms. The molecule has 1 fully saturated rings. The van der Waals surface area contributed by atoms with Crippen LogP contribution < -0.4 is 11.2 Å². The number of aromatic amines is 1. The second kappa shape index (κ2) is 13.1. The molecule has 1 aromatic heterocycles. The number of hydrogen-bond acceptors (Lipinski definition) is 7. The highest BCUT2D eigenvalue weighted by molar-refractivity contribution is 7.91. The molecular weight excluding hydrogens is 658 g/mol. The van der Waals surface area contributed by atoms with Gasteiger partial charge >= 0.3 is 17.8 Å². The van der Waals surface area contributed by atoms with Crippen LogP contribution in [-0.4, -0.2) is 53.3 Å². The Hall–Kier alpha value is -2.87. The van der Waals surface area contributed by atoms with Gasteiger partial charge in [-0.05, 0) is 81.5 Å². The smallest absolute Gasteiger partial charge is 0.416 e. The molecule has 1 aliphatic heterocycles. The number of nitrogens with zero attached hydrogens (tertiary/aromatic N) is 2. The number of rotatable bonds is 9. The first-order chi connectivity index (χ1) is 20.8. The van der Waals surface area contributed by atoms with Gasteiger partial charge in [0.05, 0.1) is 38.7 Å². The summed E-state index contributed by atoms with van der Waals surface area (Å²) in [5.41, 5.74) is -4.30. The standard InChI is InChI=1S/C30H34Cl2F3N3O6S/c1-5-45(42,43)23-8-7-19(31)12-18(23)15-38-27(40)20-13-22(30(33,34)35)21(25(32)26(20)36-28(38)41)16-37-11-10-17(14-37)6-9-24(39)44-29(2,3)4/h7-8,12-13,17H,5-6,9-11,14-16H2,1-4H3,(H,36,41)/t17-/m1/s1. The summed E-state index contributed by atoms with van der Waals surface area (Å²) in [7, 11) is -3.79. The van der Waals surface area contributed by atoms with Gasteiger partial charge in [-0.25, -0.2) is 13.2 Å². The minimum Gasteiger partial charge on any atom is -0.460 e. The lowest BCUT2D eigenvalue weighted by atomic mass is 10.0. The molecule has 2 aromatic carbocycles. The predicted octanol–water partition coefficient (Wildman–Crippen LogP) is 5.80. The van der Waals surface area contributed by atoms with Crippen molar-refractivity contribution in [2.75, 3.05) is 18.8 Å². The Morgan fingerprint density at radius 3 is 2.42 bits per heavy atom. The average molecular weight is 693 g/mol. The van der Waals surface area contributed by atoms with Crippen LogP contribution in [0.3, 0.4) is 0 Å². The van der Waals surface area contributed by atoms with Gasteiger partial charge in [-0.15, -0.1) is 0 Å². The number of halogens is 5. The summed E-state index contributed by atoms with van der Waals surface area (Å²) in [6.07, 6.45) is -3.51. The van der Waals surface area contributed by atoms with Crippen molar-refractivity contribution in [1.29, 1.82) is 0 Å². The molecule has 1 aliphatic rings. The second-order valence-electron chi connectivity index (χ2n) is 12.1. The zero-order valence-electron chi connectivity index (χ0n) is 25.2. The van der Waals surface area contributed by atoms with Gasteiger partial charge in [0.2, 0.25) is 0 Å². The highest BCUT2D eigenvalue weighted by atomic mass is 35.5. The fourth-order valence-electron chi connectivity index (χ4n) is 5.48. The SMILES string of the molecule is CCS(=O)(=O)c1ccc(Cl)cc1Cn1c(=O)[nH]c2c(Cl)c(CN3CC[C@@H](CCC(=O)OC(C)(C)C)C3)c(C(F)(F)F)cc2c1=O. The van der Waals surface area contributed by atoms with Gasteiger partial charge in [0, 0.05) is 24.5 Å². The summed E-state index contributed by atoms with van der Waals surface area (Å²) < 4.78 is 74.4. The summed E-state index contributed by atoms with van der Waals surface area (Å²) in [4.78, 5) is 42.8. The first kappa shape index (κ1) is 35.0. The van der Waals surface area contributed by atoms with Crippen LogP contribution in [0.5, 0.6) is 0 Å². The Balaban J connectivity index is 1.68. The zero-order valence-corrected chi connectivity index (χ0v) is 27.5. The van der Waals surface area contributed by atoms with E-state index in [0.29, 0.717) is 36.6 Å². The van der Waals surface area contributed by atoms with Gasteiger partial charge in [0.15, 0.2) is 9.84 Å². The van der Waals surface area contributed by atoms with Gasteiger partial charge in [-0.1, -0.05) is 30.1 Å². The van der Waals surface area contributed by atoms with Crippen molar-refractivity contribution in [3.8, 4) is 0 Å². The molecular formula is C30H34Cl2F3N3O6S. The topological polar surface area (TPSA) is 119 Å². The van der Waals surface area contributed by atoms with Gasteiger partial charge in [0.25, 0.3) is 5.56 Å². The molecule has 9 nitrogen and oxygen atoms in total. The van der Waals surface area contributed by atoms with E-state index in [9.17, 15) is 36.0 Å². The third kappa shape index (κ3) is 8.11. The van der Waals surface area contributed by atoms with Crippen LogP contribution in [0.1, 0.15) is 63.6 Å². The van der Waals surface area contributed by atoms with Crippen molar-refractivity contribution in [1.82, 2.24) is 14.5 Å².